The predicted octanol–water partition coefficient (Wildman–Crippen LogP) is 6.26. The van der Waals surface area contributed by atoms with Gasteiger partial charge < -0.3 is 15.2 Å². The second-order valence-corrected chi connectivity index (χ2v) is 10.4. The monoisotopic (exact) mass is 541 g/mol. The lowest BCUT2D eigenvalue weighted by atomic mass is 9.99. The van der Waals surface area contributed by atoms with Crippen molar-refractivity contribution in [3.63, 3.8) is 0 Å². The number of hydrogen-bond acceptors (Lipinski definition) is 2. The fraction of sp³-hybridized carbons (Fsp3) is 0.273. The first-order chi connectivity index (χ1) is 19.5. The third kappa shape index (κ3) is 6.65. The Bertz CT molecular complexity index is 1460. The van der Waals surface area contributed by atoms with Crippen LogP contribution in [0, 0.1) is 11.6 Å². The number of nitrogens with one attached hydrogen (secondary N) is 2. The lowest BCUT2D eigenvalue weighted by Gasteiger charge is -2.19. The average Bonchev–Trinajstić information content (AvgIpc) is 3.62. The van der Waals surface area contributed by atoms with E-state index in [9.17, 15) is 18.4 Å². The second-order valence-electron chi connectivity index (χ2n) is 10.4. The van der Waals surface area contributed by atoms with E-state index in [2.05, 4.69) is 27.3 Å². The molecule has 1 aromatic heterocycles. The number of hydrogen-bond donors (Lipinski definition) is 2. The minimum atomic E-state index is -0.944. The van der Waals surface area contributed by atoms with E-state index in [1.165, 1.54) is 6.07 Å². The van der Waals surface area contributed by atoms with Gasteiger partial charge in [-0.15, -0.1) is 0 Å². The molecule has 3 aromatic carbocycles. The van der Waals surface area contributed by atoms with Gasteiger partial charge in [0.2, 0.25) is 5.91 Å². The molecule has 1 heterocycles. The van der Waals surface area contributed by atoms with E-state index in [1.54, 1.807) is 0 Å². The van der Waals surface area contributed by atoms with Gasteiger partial charge in [-0.3, -0.25) is 9.59 Å². The van der Waals surface area contributed by atoms with Gasteiger partial charge in [-0.05, 0) is 47.7 Å². The number of aromatic nitrogens is 1. The Hall–Kier alpha value is -4.26. The molecule has 5 rings (SSSR count). The van der Waals surface area contributed by atoms with Crippen molar-refractivity contribution in [2.75, 3.05) is 0 Å². The highest BCUT2D eigenvalue weighted by atomic mass is 19.2. The maximum Gasteiger partial charge on any atom is 0.253 e. The highest BCUT2D eigenvalue weighted by molar-refractivity contribution is 5.96. The fourth-order valence-electron chi connectivity index (χ4n) is 5.50. The zero-order valence-electron chi connectivity index (χ0n) is 22.3. The lowest BCUT2D eigenvalue weighted by molar-refractivity contribution is -0.120. The zero-order chi connectivity index (χ0) is 27.9. The summed E-state index contributed by atoms with van der Waals surface area (Å²) in [6.07, 6.45) is 4.45. The van der Waals surface area contributed by atoms with Crippen molar-refractivity contribution in [1.82, 2.24) is 15.2 Å². The van der Waals surface area contributed by atoms with Crippen LogP contribution in [0.4, 0.5) is 8.78 Å². The summed E-state index contributed by atoms with van der Waals surface area (Å²) < 4.78 is 29.3. The molecule has 0 aliphatic heterocycles. The van der Waals surface area contributed by atoms with Crippen molar-refractivity contribution in [2.45, 2.75) is 57.7 Å². The highest BCUT2D eigenvalue weighted by Crippen LogP contribution is 2.38. The van der Waals surface area contributed by atoms with Crippen LogP contribution in [-0.2, 0) is 30.8 Å². The summed E-state index contributed by atoms with van der Waals surface area (Å²) in [6.45, 7) is 0.939. The molecule has 1 fully saturated rings. The lowest BCUT2D eigenvalue weighted by Crippen LogP contribution is -2.26. The second kappa shape index (κ2) is 12.7. The van der Waals surface area contributed by atoms with Gasteiger partial charge in [0.05, 0.1) is 18.5 Å². The van der Waals surface area contributed by atoms with Crippen LogP contribution in [0.15, 0.2) is 84.9 Å². The molecule has 0 atom stereocenters. The summed E-state index contributed by atoms with van der Waals surface area (Å²) in [4.78, 5) is 26.4. The highest BCUT2D eigenvalue weighted by Gasteiger charge is 2.29. The van der Waals surface area contributed by atoms with Crippen molar-refractivity contribution >= 4 is 11.8 Å². The molecule has 1 saturated carbocycles. The first-order valence-electron chi connectivity index (χ1n) is 13.8. The van der Waals surface area contributed by atoms with Gasteiger partial charge in [0, 0.05) is 30.4 Å². The summed E-state index contributed by atoms with van der Waals surface area (Å²) in [5, 5.41) is 5.94. The van der Waals surface area contributed by atoms with Gasteiger partial charge in [-0.2, -0.15) is 0 Å². The Labute approximate surface area is 233 Å². The molecule has 4 aromatic rings. The van der Waals surface area contributed by atoms with Crippen molar-refractivity contribution in [3.8, 4) is 0 Å². The summed E-state index contributed by atoms with van der Waals surface area (Å²) in [7, 11) is 0. The molecular weight excluding hydrogens is 508 g/mol. The fourth-order valence-corrected chi connectivity index (χ4v) is 5.50. The van der Waals surface area contributed by atoms with E-state index < -0.39 is 11.6 Å². The molecule has 1 aliphatic carbocycles. The van der Waals surface area contributed by atoms with Crippen LogP contribution >= 0.6 is 0 Å². The summed E-state index contributed by atoms with van der Waals surface area (Å²) in [5.74, 6) is -2.00. The minimum Gasteiger partial charge on any atom is -0.350 e. The van der Waals surface area contributed by atoms with Gasteiger partial charge >= 0.3 is 0 Å². The number of carbonyl (C=O) groups excluding carboxylic acids is 2. The molecule has 7 heteroatoms. The number of carbonyl (C=O) groups is 2. The number of amides is 2. The van der Waals surface area contributed by atoms with Crippen molar-refractivity contribution in [3.05, 3.63) is 130 Å². The van der Waals surface area contributed by atoms with E-state index >= 15 is 0 Å². The van der Waals surface area contributed by atoms with Crippen molar-refractivity contribution in [2.24, 2.45) is 0 Å². The number of nitrogens with zero attached hydrogens (tertiary/aromatic N) is 1. The maximum atomic E-state index is 13.7. The largest absolute Gasteiger partial charge is 0.350 e. The summed E-state index contributed by atoms with van der Waals surface area (Å²) in [6, 6.07) is 25.1. The topological polar surface area (TPSA) is 63.1 Å². The van der Waals surface area contributed by atoms with Gasteiger partial charge in [0.1, 0.15) is 0 Å². The first kappa shape index (κ1) is 27.3. The molecule has 0 saturated heterocycles. The Morgan fingerprint density at radius 3 is 2.10 bits per heavy atom. The maximum absolute atomic E-state index is 13.7. The molecule has 40 heavy (non-hydrogen) atoms. The van der Waals surface area contributed by atoms with E-state index in [1.807, 2.05) is 54.6 Å². The molecule has 0 radical (unpaired) electrons. The zero-order valence-corrected chi connectivity index (χ0v) is 22.3. The van der Waals surface area contributed by atoms with Crippen LogP contribution in [-0.4, -0.2) is 16.4 Å². The molecule has 5 nitrogen and oxygen atoms in total. The quantitative estimate of drug-likeness (QED) is 0.249. The van der Waals surface area contributed by atoms with E-state index in [4.69, 9.17) is 0 Å². The Kier molecular flexibility index (Phi) is 8.69. The van der Waals surface area contributed by atoms with Crippen molar-refractivity contribution < 1.29 is 18.4 Å². The van der Waals surface area contributed by atoms with Gasteiger partial charge in [0.15, 0.2) is 11.6 Å². The predicted molar refractivity (Wildman–Crippen MR) is 151 cm³/mol. The van der Waals surface area contributed by atoms with Gasteiger partial charge in [-0.1, -0.05) is 79.6 Å². The molecular formula is C33H33F2N3O2. The molecule has 0 unspecified atom stereocenters. The Morgan fingerprint density at radius 1 is 0.750 bits per heavy atom. The van der Waals surface area contributed by atoms with Crippen molar-refractivity contribution in [1.29, 1.82) is 0 Å². The van der Waals surface area contributed by atoms with Crippen LogP contribution in [0.25, 0.3) is 0 Å². The van der Waals surface area contributed by atoms with Crippen LogP contribution in [0.3, 0.4) is 0 Å². The third-order valence-corrected chi connectivity index (χ3v) is 7.51. The normalized spacial score (nSPS) is 13.3. The van der Waals surface area contributed by atoms with E-state index in [0.29, 0.717) is 17.7 Å². The van der Waals surface area contributed by atoms with Gasteiger partial charge in [-0.25, -0.2) is 8.78 Å². The molecule has 2 N–H and O–H groups in total. The summed E-state index contributed by atoms with van der Waals surface area (Å²) in [5.41, 5.74) is 4.90. The third-order valence-electron chi connectivity index (χ3n) is 7.51. The summed E-state index contributed by atoms with van der Waals surface area (Å²) >= 11 is 0. The SMILES string of the molecule is O=C(Cc1ccccc1)NCc1cc(C(=O)NCc2ccc(F)c(F)c2)c(C2CCCC2)n1Cc1ccccc1. The Balaban J connectivity index is 1.43. The number of halogens is 2. The van der Waals surface area contributed by atoms with Crippen LogP contribution in [0.2, 0.25) is 0 Å². The van der Waals surface area contributed by atoms with Crippen LogP contribution < -0.4 is 10.6 Å². The molecule has 0 bridgehead atoms. The van der Waals surface area contributed by atoms with Gasteiger partial charge in [0.25, 0.3) is 5.91 Å². The minimum absolute atomic E-state index is 0.0765. The van der Waals surface area contributed by atoms with Crippen LogP contribution in [0.1, 0.15) is 70.0 Å². The van der Waals surface area contributed by atoms with E-state index in [0.717, 1.165) is 60.3 Å². The Morgan fingerprint density at radius 2 is 1.43 bits per heavy atom. The smallest absolute Gasteiger partial charge is 0.253 e. The van der Waals surface area contributed by atoms with Crippen LogP contribution in [0.5, 0.6) is 0 Å². The van der Waals surface area contributed by atoms with E-state index in [-0.39, 0.29) is 37.2 Å². The molecule has 206 valence electrons. The molecule has 1 aliphatic rings. The molecule has 2 amide bonds. The standard InChI is InChI=1S/C33H33F2N3O2/c34-29-16-15-25(17-30(29)35)20-37-33(40)28-19-27(21-36-31(39)18-23-9-3-1-4-10-23)38(22-24-11-5-2-6-12-24)32(28)26-13-7-8-14-26/h1-6,9-12,15-17,19,26H,7-8,13-14,18,20-22H2,(H,36,39)(H,37,40). The molecule has 0 spiro atoms. The first-order valence-corrected chi connectivity index (χ1v) is 13.8. The average molecular weight is 542 g/mol. The number of benzene rings is 3. The number of rotatable bonds is 10.